The predicted octanol–water partition coefficient (Wildman–Crippen LogP) is 4.03. The lowest BCUT2D eigenvalue weighted by Gasteiger charge is -2.27. The predicted molar refractivity (Wildman–Crippen MR) is 178 cm³/mol. The van der Waals surface area contributed by atoms with Crippen molar-refractivity contribution in [3.05, 3.63) is 101 Å². The average molecular weight is 697 g/mol. The van der Waals surface area contributed by atoms with Crippen molar-refractivity contribution in [2.75, 3.05) is 18.1 Å². The number of unbranched alkanes of at least 4 members (excludes halogenated alkanes) is 1. The second-order valence-electron chi connectivity index (χ2n) is 11.1. The van der Waals surface area contributed by atoms with Crippen molar-refractivity contribution in [3.63, 3.8) is 0 Å². The number of hydrogen-bond acceptors (Lipinski definition) is 8. The van der Waals surface area contributed by atoms with E-state index in [0.717, 1.165) is 29.7 Å². The zero-order valence-corrected chi connectivity index (χ0v) is 28.1. The Hall–Kier alpha value is -3.65. The van der Waals surface area contributed by atoms with Crippen molar-refractivity contribution in [1.29, 1.82) is 0 Å². The van der Waals surface area contributed by atoms with Gasteiger partial charge in [-0.25, -0.2) is 22.0 Å². The van der Waals surface area contributed by atoms with Crippen LogP contribution in [0.15, 0.2) is 67.0 Å². The molecule has 0 saturated carbocycles. The zero-order chi connectivity index (χ0) is 33.5. The number of carbonyl (C=O) groups is 2. The Morgan fingerprint density at radius 2 is 1.62 bits per heavy atom. The summed E-state index contributed by atoms with van der Waals surface area (Å²) in [5.74, 6) is -3.48. The number of nitrogens with zero attached hydrogens (tertiary/aromatic N) is 1. The first-order valence-corrected chi connectivity index (χ1v) is 17.0. The van der Waals surface area contributed by atoms with Gasteiger partial charge in [0.15, 0.2) is 9.84 Å². The SMILES string of the molecule is CCCCS(=O)(=O)C[C@@H](NC(=O)OCc1ccncc1)C(=O)N[C@@H](Cc1cc(F)cc(F)c1)[C@H](O)CNCc1cccc(CC)c1.Cl. The first-order chi connectivity index (χ1) is 22.0. The smallest absolute Gasteiger partial charge is 0.408 e. The van der Waals surface area contributed by atoms with E-state index in [9.17, 15) is 31.9 Å². The molecule has 10 nitrogen and oxygen atoms in total. The molecule has 0 saturated heterocycles. The van der Waals surface area contributed by atoms with E-state index in [0.29, 0.717) is 31.0 Å². The Balaban J connectivity index is 0.00000768. The number of pyridine rings is 1. The molecule has 14 heteroatoms. The highest BCUT2D eigenvalue weighted by Crippen LogP contribution is 2.13. The molecule has 4 N–H and O–H groups in total. The number of nitrogens with one attached hydrogen (secondary N) is 3. The maximum absolute atomic E-state index is 14.0. The van der Waals surface area contributed by atoms with Gasteiger partial charge >= 0.3 is 6.09 Å². The van der Waals surface area contributed by atoms with Crippen molar-refractivity contribution in [1.82, 2.24) is 20.9 Å². The van der Waals surface area contributed by atoms with Crippen LogP contribution >= 0.6 is 12.4 Å². The van der Waals surface area contributed by atoms with Crippen molar-refractivity contribution in [2.45, 2.75) is 70.9 Å². The van der Waals surface area contributed by atoms with Gasteiger partial charge in [-0.15, -0.1) is 12.4 Å². The minimum atomic E-state index is -3.79. The molecule has 1 heterocycles. The highest BCUT2D eigenvalue weighted by molar-refractivity contribution is 7.91. The minimum Gasteiger partial charge on any atom is -0.445 e. The van der Waals surface area contributed by atoms with E-state index in [1.165, 1.54) is 12.4 Å². The van der Waals surface area contributed by atoms with Crippen molar-refractivity contribution < 1.29 is 36.6 Å². The van der Waals surface area contributed by atoms with Crippen LogP contribution in [0.25, 0.3) is 0 Å². The van der Waals surface area contributed by atoms with E-state index in [-0.39, 0.29) is 43.3 Å². The highest BCUT2D eigenvalue weighted by atomic mass is 35.5. The van der Waals surface area contributed by atoms with Gasteiger partial charge < -0.3 is 25.8 Å². The summed E-state index contributed by atoms with van der Waals surface area (Å²) in [6.45, 7) is 4.11. The summed E-state index contributed by atoms with van der Waals surface area (Å²) in [5, 5.41) is 19.2. The third-order valence-electron chi connectivity index (χ3n) is 7.21. The number of benzene rings is 2. The van der Waals surface area contributed by atoms with Crippen LogP contribution in [0.3, 0.4) is 0 Å². The van der Waals surface area contributed by atoms with Crippen molar-refractivity contribution in [2.24, 2.45) is 0 Å². The molecule has 0 bridgehead atoms. The number of aliphatic hydroxyl groups is 1. The minimum absolute atomic E-state index is 0. The van der Waals surface area contributed by atoms with Gasteiger partial charge in [-0.3, -0.25) is 9.78 Å². The number of aliphatic hydroxyl groups excluding tert-OH is 1. The Morgan fingerprint density at radius 1 is 0.936 bits per heavy atom. The lowest BCUT2D eigenvalue weighted by molar-refractivity contribution is -0.124. The number of alkyl carbamates (subject to hydrolysis) is 1. The van der Waals surface area contributed by atoms with Crippen LogP contribution in [0.1, 0.15) is 48.9 Å². The maximum Gasteiger partial charge on any atom is 0.408 e. The molecule has 0 aliphatic heterocycles. The number of rotatable bonds is 18. The summed E-state index contributed by atoms with van der Waals surface area (Å²) in [6.07, 6.45) is 2.38. The number of aromatic nitrogens is 1. The summed E-state index contributed by atoms with van der Waals surface area (Å²) in [4.78, 5) is 30.1. The van der Waals surface area contributed by atoms with Crippen LogP contribution < -0.4 is 16.0 Å². The summed E-state index contributed by atoms with van der Waals surface area (Å²) in [5.41, 5.74) is 2.91. The van der Waals surface area contributed by atoms with Gasteiger partial charge in [-0.05, 0) is 65.8 Å². The lowest BCUT2D eigenvalue weighted by atomic mass is 10.00. The van der Waals surface area contributed by atoms with Crippen LogP contribution in [0.2, 0.25) is 0 Å². The van der Waals surface area contributed by atoms with Gasteiger partial charge in [0.05, 0.1) is 23.7 Å². The molecule has 3 rings (SSSR count). The molecule has 2 aromatic carbocycles. The number of sulfone groups is 1. The number of aryl methyl sites for hydroxylation is 1. The fraction of sp³-hybridized carbons (Fsp3) is 0.424. The van der Waals surface area contributed by atoms with Crippen LogP contribution in [0, 0.1) is 11.6 Å². The molecule has 3 aromatic rings. The van der Waals surface area contributed by atoms with Crippen LogP contribution in [0.4, 0.5) is 13.6 Å². The summed E-state index contributed by atoms with van der Waals surface area (Å²) >= 11 is 0. The zero-order valence-electron chi connectivity index (χ0n) is 26.5. The summed E-state index contributed by atoms with van der Waals surface area (Å²) in [6, 6.07) is 11.3. The van der Waals surface area contributed by atoms with E-state index >= 15 is 0 Å². The fourth-order valence-electron chi connectivity index (χ4n) is 4.71. The first kappa shape index (κ1) is 39.5. The van der Waals surface area contributed by atoms with Crippen LogP contribution in [-0.4, -0.2) is 66.7 Å². The molecular weight excluding hydrogens is 654 g/mol. The molecule has 0 aliphatic carbocycles. The number of hydrogen-bond donors (Lipinski definition) is 4. The molecule has 1 aromatic heterocycles. The van der Waals surface area contributed by atoms with E-state index in [1.807, 2.05) is 38.1 Å². The third-order valence-corrected chi connectivity index (χ3v) is 8.96. The topological polar surface area (TPSA) is 147 Å². The largest absolute Gasteiger partial charge is 0.445 e. The van der Waals surface area contributed by atoms with E-state index < -0.39 is 57.4 Å². The average Bonchev–Trinajstić information content (AvgIpc) is 3.02. The number of carbonyl (C=O) groups excluding carboxylic acids is 2. The van der Waals surface area contributed by atoms with E-state index in [2.05, 4.69) is 20.9 Å². The van der Waals surface area contributed by atoms with Gasteiger partial charge in [-0.2, -0.15) is 0 Å². The Morgan fingerprint density at radius 3 is 2.28 bits per heavy atom. The second-order valence-corrected chi connectivity index (χ2v) is 13.3. The lowest BCUT2D eigenvalue weighted by Crippen LogP contribution is -2.56. The summed E-state index contributed by atoms with van der Waals surface area (Å²) in [7, 11) is -3.79. The van der Waals surface area contributed by atoms with Gasteiger partial charge in [0.25, 0.3) is 0 Å². The van der Waals surface area contributed by atoms with Gasteiger partial charge in [0.1, 0.15) is 24.3 Å². The highest BCUT2D eigenvalue weighted by Gasteiger charge is 2.31. The standard InChI is InChI=1S/C33H42F2N4O6S.ClH/c1-3-5-13-46(43,44)22-30(39-33(42)45-21-24-9-11-36-12-10-24)32(41)38-29(17-26-15-27(34)18-28(35)16-26)31(40)20-37-19-25-8-6-7-23(4-2)14-25;/h6-12,14-16,18,29-31,37,40H,3-5,13,17,19-22H2,1-2H3,(H,38,41)(H,39,42);1H/t29-,30+,31+;/m0./s1. The Bertz CT molecular complexity index is 1510. The monoisotopic (exact) mass is 696 g/mol. The molecule has 0 unspecified atom stereocenters. The molecular formula is C33H43ClF2N4O6S. The van der Waals surface area contributed by atoms with Crippen molar-refractivity contribution >= 4 is 34.2 Å². The third kappa shape index (κ3) is 14.3. The molecule has 3 atom stereocenters. The van der Waals surface area contributed by atoms with Gasteiger partial charge in [-0.1, -0.05) is 44.5 Å². The van der Waals surface area contributed by atoms with Gasteiger partial charge in [0, 0.05) is 31.5 Å². The molecule has 258 valence electrons. The number of halogens is 3. The van der Waals surface area contributed by atoms with E-state index in [4.69, 9.17) is 4.74 Å². The molecule has 0 radical (unpaired) electrons. The normalized spacial score (nSPS) is 13.1. The molecule has 0 spiro atoms. The number of ether oxygens (including phenoxy) is 1. The molecule has 0 aliphatic rings. The van der Waals surface area contributed by atoms with Gasteiger partial charge in [0.2, 0.25) is 5.91 Å². The van der Waals surface area contributed by atoms with Crippen LogP contribution in [0.5, 0.6) is 0 Å². The molecule has 47 heavy (non-hydrogen) atoms. The molecule has 0 fully saturated rings. The summed E-state index contributed by atoms with van der Waals surface area (Å²) < 4.78 is 58.9. The Labute approximate surface area is 281 Å². The van der Waals surface area contributed by atoms with E-state index in [1.54, 1.807) is 12.1 Å². The van der Waals surface area contributed by atoms with Crippen molar-refractivity contribution in [3.8, 4) is 0 Å². The quantitative estimate of drug-likeness (QED) is 0.156. The fourth-order valence-corrected chi connectivity index (χ4v) is 6.35. The van der Waals surface area contributed by atoms with Crippen LogP contribution in [-0.2, 0) is 45.4 Å². The first-order valence-electron chi connectivity index (χ1n) is 15.2. The molecule has 2 amide bonds. The second kappa shape index (κ2) is 19.9. The Kier molecular flexibility index (Phi) is 16.7. The number of amides is 2. The maximum atomic E-state index is 14.0.